The number of rotatable bonds is 6. The molecule has 0 fully saturated rings. The van der Waals surface area contributed by atoms with Crippen LogP contribution in [0.3, 0.4) is 0 Å². The molecule has 1 aromatic rings. The normalized spacial score (nSPS) is 11.7. The van der Waals surface area contributed by atoms with Gasteiger partial charge in [-0.05, 0) is 17.7 Å². The number of methoxy groups -OCH3 is 1. The average molecular weight is 268 g/mol. The smallest absolute Gasteiger partial charge is 0.328 e. The summed E-state index contributed by atoms with van der Waals surface area (Å²) in [6.45, 7) is -0.266. The van der Waals surface area contributed by atoms with Crippen molar-refractivity contribution in [2.45, 2.75) is 12.6 Å². The van der Waals surface area contributed by atoms with E-state index in [1.807, 2.05) is 6.07 Å². The van der Waals surface area contributed by atoms with E-state index >= 15 is 0 Å². The number of hydrogen-bond acceptors (Lipinski definition) is 4. The number of aliphatic carboxylic acids is 1. The molecular weight excluding hydrogens is 252 g/mol. The average Bonchev–Trinajstić information content (AvgIpc) is 2.36. The van der Waals surface area contributed by atoms with Gasteiger partial charge in [0.15, 0.2) is 6.04 Å². The summed E-state index contributed by atoms with van der Waals surface area (Å²) >= 11 is 0. The summed E-state index contributed by atoms with van der Waals surface area (Å²) in [7, 11) is 1.56. The van der Waals surface area contributed by atoms with E-state index in [1.54, 1.807) is 25.3 Å². The van der Waals surface area contributed by atoms with Crippen molar-refractivity contribution >= 4 is 17.7 Å². The quantitative estimate of drug-likeness (QED) is 0.597. The molecule has 4 N–H and O–H groups in total. The molecule has 7 nitrogen and oxygen atoms in total. The molecule has 1 atom stereocenters. The fraction of sp³-hybridized carbons (Fsp3) is 0.333. The number of hydrogen-bond donors (Lipinski definition) is 4. The van der Waals surface area contributed by atoms with Gasteiger partial charge in [-0.15, -0.1) is 0 Å². The predicted octanol–water partition coefficient (Wildman–Crippen LogP) is 0.400. The van der Waals surface area contributed by atoms with Crippen LogP contribution in [-0.4, -0.2) is 42.0 Å². The number of aliphatic hydroxyl groups excluding tert-OH is 1. The molecule has 0 saturated carbocycles. The third-order valence-electron chi connectivity index (χ3n) is 2.28. The zero-order valence-corrected chi connectivity index (χ0v) is 10.4. The first kappa shape index (κ1) is 14.9. The zero-order chi connectivity index (χ0) is 14.3. The van der Waals surface area contributed by atoms with Crippen molar-refractivity contribution in [1.82, 2.24) is 5.32 Å². The van der Waals surface area contributed by atoms with E-state index in [9.17, 15) is 9.59 Å². The highest BCUT2D eigenvalue weighted by molar-refractivity contribution is 5.92. The second-order valence-corrected chi connectivity index (χ2v) is 3.81. The number of amides is 2. The van der Waals surface area contributed by atoms with E-state index in [2.05, 4.69) is 10.6 Å². The number of ether oxygens (including phenoxy) is 1. The van der Waals surface area contributed by atoms with E-state index < -0.39 is 24.6 Å². The van der Waals surface area contributed by atoms with E-state index in [0.29, 0.717) is 12.3 Å². The molecule has 0 aliphatic rings. The summed E-state index contributed by atoms with van der Waals surface area (Å²) in [6, 6.07) is 4.91. The number of benzene rings is 1. The van der Waals surface area contributed by atoms with Crippen LogP contribution in [0.5, 0.6) is 0 Å². The Bertz CT molecular complexity index is 450. The summed E-state index contributed by atoms with van der Waals surface area (Å²) in [6.07, 6.45) is 0. The van der Waals surface area contributed by atoms with E-state index in [0.717, 1.165) is 5.56 Å². The van der Waals surface area contributed by atoms with Gasteiger partial charge in [0.25, 0.3) is 0 Å². The van der Waals surface area contributed by atoms with Crippen molar-refractivity contribution in [2.75, 3.05) is 19.0 Å². The van der Waals surface area contributed by atoms with Crippen molar-refractivity contribution in [3.05, 3.63) is 29.8 Å². The zero-order valence-electron chi connectivity index (χ0n) is 10.4. The van der Waals surface area contributed by atoms with Crippen molar-refractivity contribution in [3.8, 4) is 0 Å². The van der Waals surface area contributed by atoms with E-state index in [-0.39, 0.29) is 0 Å². The van der Waals surface area contributed by atoms with Gasteiger partial charge in [0.1, 0.15) is 0 Å². The minimum atomic E-state index is -1.33. The maximum Gasteiger partial charge on any atom is 0.328 e. The summed E-state index contributed by atoms with van der Waals surface area (Å²) in [5.41, 5.74) is 1.38. The minimum absolute atomic E-state index is 0.408. The Kier molecular flexibility index (Phi) is 5.77. The largest absolute Gasteiger partial charge is 0.480 e. The number of aliphatic hydroxyl groups is 1. The number of carbonyl (C=O) groups is 2. The lowest BCUT2D eigenvalue weighted by atomic mass is 10.2. The van der Waals surface area contributed by atoms with Gasteiger partial charge < -0.3 is 25.6 Å². The fourth-order valence-electron chi connectivity index (χ4n) is 1.42. The monoisotopic (exact) mass is 268 g/mol. The highest BCUT2D eigenvalue weighted by atomic mass is 16.5. The minimum Gasteiger partial charge on any atom is -0.480 e. The summed E-state index contributed by atoms with van der Waals surface area (Å²) in [5, 5.41) is 22.1. The first-order valence-corrected chi connectivity index (χ1v) is 5.56. The van der Waals surface area contributed by atoms with Crippen molar-refractivity contribution in [3.63, 3.8) is 0 Å². The van der Waals surface area contributed by atoms with Crippen LogP contribution in [0.4, 0.5) is 10.5 Å². The Balaban J connectivity index is 2.61. The highest BCUT2D eigenvalue weighted by Crippen LogP contribution is 2.11. The number of carboxylic acid groups (broad SMARTS) is 1. The van der Waals surface area contributed by atoms with Gasteiger partial charge in [-0.3, -0.25) is 0 Å². The Morgan fingerprint density at radius 1 is 1.42 bits per heavy atom. The SMILES string of the molecule is COCc1cccc(NC(=O)NC(CO)C(=O)O)c1. The van der Waals surface area contributed by atoms with Crippen LogP contribution in [0.1, 0.15) is 5.56 Å². The van der Waals surface area contributed by atoms with Crippen LogP contribution >= 0.6 is 0 Å². The summed E-state index contributed by atoms with van der Waals surface area (Å²) < 4.78 is 4.96. The Hall–Kier alpha value is -2.12. The number of nitrogens with one attached hydrogen (secondary N) is 2. The molecule has 0 heterocycles. The van der Waals surface area contributed by atoms with Gasteiger partial charge in [0.2, 0.25) is 0 Å². The van der Waals surface area contributed by atoms with Gasteiger partial charge in [0.05, 0.1) is 13.2 Å². The molecule has 0 saturated heterocycles. The van der Waals surface area contributed by atoms with Crippen LogP contribution < -0.4 is 10.6 Å². The van der Waals surface area contributed by atoms with Crippen molar-refractivity contribution in [2.24, 2.45) is 0 Å². The molecule has 0 aromatic heterocycles. The molecule has 0 bridgehead atoms. The first-order chi connectivity index (χ1) is 9.06. The predicted molar refractivity (Wildman–Crippen MR) is 67.8 cm³/mol. The standard InChI is InChI=1S/C12H16N2O5/c1-19-7-8-3-2-4-9(5-8)13-12(18)14-10(6-15)11(16)17/h2-5,10,15H,6-7H2,1H3,(H,16,17)(H2,13,14,18). The van der Waals surface area contributed by atoms with E-state index in [4.69, 9.17) is 14.9 Å². The van der Waals surface area contributed by atoms with Crippen molar-refractivity contribution < 1.29 is 24.5 Å². The summed E-state index contributed by atoms with van der Waals surface area (Å²) in [5.74, 6) is -1.30. The molecule has 0 spiro atoms. The maximum absolute atomic E-state index is 11.5. The fourth-order valence-corrected chi connectivity index (χ4v) is 1.42. The van der Waals surface area contributed by atoms with Gasteiger partial charge in [0, 0.05) is 12.8 Å². The van der Waals surface area contributed by atoms with Crippen LogP contribution in [-0.2, 0) is 16.1 Å². The molecule has 1 aromatic carbocycles. The van der Waals surface area contributed by atoms with Crippen LogP contribution in [0.15, 0.2) is 24.3 Å². The molecule has 0 aliphatic carbocycles. The van der Waals surface area contributed by atoms with Crippen LogP contribution in [0.2, 0.25) is 0 Å². The lowest BCUT2D eigenvalue weighted by Gasteiger charge is -2.13. The second-order valence-electron chi connectivity index (χ2n) is 3.81. The lowest BCUT2D eigenvalue weighted by Crippen LogP contribution is -2.45. The number of urea groups is 1. The molecule has 7 heteroatoms. The first-order valence-electron chi connectivity index (χ1n) is 5.56. The molecule has 104 valence electrons. The lowest BCUT2D eigenvalue weighted by molar-refractivity contribution is -0.140. The van der Waals surface area contributed by atoms with Crippen LogP contribution in [0, 0.1) is 0 Å². The van der Waals surface area contributed by atoms with Crippen LogP contribution in [0.25, 0.3) is 0 Å². The Morgan fingerprint density at radius 3 is 2.74 bits per heavy atom. The molecular formula is C12H16N2O5. The molecule has 19 heavy (non-hydrogen) atoms. The molecule has 0 radical (unpaired) electrons. The Morgan fingerprint density at radius 2 is 2.16 bits per heavy atom. The second kappa shape index (κ2) is 7.34. The molecule has 1 unspecified atom stereocenters. The number of carboxylic acids is 1. The maximum atomic E-state index is 11.5. The molecule has 2 amide bonds. The third-order valence-corrected chi connectivity index (χ3v) is 2.28. The van der Waals surface area contributed by atoms with Gasteiger partial charge >= 0.3 is 12.0 Å². The Labute approximate surface area is 110 Å². The van der Waals surface area contributed by atoms with E-state index in [1.165, 1.54) is 0 Å². The van der Waals surface area contributed by atoms with Crippen molar-refractivity contribution in [1.29, 1.82) is 0 Å². The third kappa shape index (κ3) is 4.94. The number of carbonyl (C=O) groups excluding carboxylic acids is 1. The molecule has 1 rings (SSSR count). The van der Waals surface area contributed by atoms with Gasteiger partial charge in [-0.1, -0.05) is 12.1 Å². The molecule has 0 aliphatic heterocycles. The highest BCUT2D eigenvalue weighted by Gasteiger charge is 2.18. The number of anilines is 1. The topological polar surface area (TPSA) is 108 Å². The summed E-state index contributed by atoms with van der Waals surface area (Å²) in [4.78, 5) is 22.2. The van der Waals surface area contributed by atoms with Gasteiger partial charge in [-0.2, -0.15) is 0 Å². The van der Waals surface area contributed by atoms with Gasteiger partial charge in [-0.25, -0.2) is 9.59 Å².